The molecule has 0 unspecified atom stereocenters. The van der Waals surface area contributed by atoms with Crippen molar-refractivity contribution in [1.29, 1.82) is 0 Å². The van der Waals surface area contributed by atoms with Gasteiger partial charge in [0.05, 0.1) is 5.52 Å². The molecular weight excluding hydrogens is 362 g/mol. The fourth-order valence-electron chi connectivity index (χ4n) is 3.03. The molecule has 142 valence electrons. The molecule has 0 radical (unpaired) electrons. The molecule has 7 heteroatoms. The first-order chi connectivity index (χ1) is 12.9. The molecular formula is C20H23N3O3S. The zero-order chi connectivity index (χ0) is 19.6. The van der Waals surface area contributed by atoms with Gasteiger partial charge >= 0.3 is 5.69 Å². The van der Waals surface area contributed by atoms with Crippen LogP contribution in [0.1, 0.15) is 38.7 Å². The molecule has 3 rings (SSSR count). The number of fused-ring (bicyclic) bond motifs is 1. The van der Waals surface area contributed by atoms with Gasteiger partial charge in [-0.1, -0.05) is 32.9 Å². The Morgan fingerprint density at radius 2 is 1.96 bits per heavy atom. The Bertz CT molecular complexity index is 1090. The lowest BCUT2D eigenvalue weighted by Gasteiger charge is -2.13. The second-order valence-electron chi connectivity index (χ2n) is 6.79. The van der Waals surface area contributed by atoms with Gasteiger partial charge in [-0.3, -0.25) is 18.7 Å². The fraction of sp³-hybridized carbons (Fsp3) is 0.350. The molecule has 0 saturated heterocycles. The van der Waals surface area contributed by atoms with Crippen molar-refractivity contribution in [2.45, 2.75) is 46.2 Å². The molecule has 1 aromatic carbocycles. The molecule has 6 nitrogen and oxygen atoms in total. The highest BCUT2D eigenvalue weighted by molar-refractivity contribution is 7.17. The number of carbonyl (C=O) groups excluding carboxylic acids is 1. The summed E-state index contributed by atoms with van der Waals surface area (Å²) in [5.74, 6) is 0.0553. The molecule has 0 aliphatic rings. The summed E-state index contributed by atoms with van der Waals surface area (Å²) in [6.45, 7) is 6.28. The number of anilines is 1. The average Bonchev–Trinajstić information content (AvgIpc) is 3.12. The largest absolute Gasteiger partial charge is 0.332 e. The SMILES string of the molecule is CCCn1c(=O)c2sccc2n(CC(=O)Nc2cccc(C(C)C)c2)c1=O. The van der Waals surface area contributed by atoms with Crippen LogP contribution in [0, 0.1) is 0 Å². The van der Waals surface area contributed by atoms with Crippen LogP contribution in [-0.2, 0) is 17.9 Å². The Morgan fingerprint density at radius 1 is 1.19 bits per heavy atom. The summed E-state index contributed by atoms with van der Waals surface area (Å²) in [5, 5.41) is 4.62. The van der Waals surface area contributed by atoms with Crippen molar-refractivity contribution < 1.29 is 4.79 Å². The van der Waals surface area contributed by atoms with Gasteiger partial charge in [0.25, 0.3) is 5.56 Å². The van der Waals surface area contributed by atoms with Crippen LogP contribution in [0.15, 0.2) is 45.3 Å². The number of hydrogen-bond donors (Lipinski definition) is 1. The Labute approximate surface area is 161 Å². The summed E-state index contributed by atoms with van der Waals surface area (Å²) >= 11 is 1.29. The van der Waals surface area contributed by atoms with Crippen LogP contribution in [0.5, 0.6) is 0 Å². The van der Waals surface area contributed by atoms with Crippen LogP contribution in [0.4, 0.5) is 5.69 Å². The van der Waals surface area contributed by atoms with E-state index >= 15 is 0 Å². The number of rotatable bonds is 6. The van der Waals surface area contributed by atoms with E-state index < -0.39 is 5.69 Å². The lowest BCUT2D eigenvalue weighted by atomic mass is 10.0. The van der Waals surface area contributed by atoms with Crippen LogP contribution < -0.4 is 16.6 Å². The lowest BCUT2D eigenvalue weighted by Crippen LogP contribution is -2.41. The van der Waals surface area contributed by atoms with Crippen molar-refractivity contribution in [2.24, 2.45) is 0 Å². The standard InChI is InChI=1S/C20H23N3O3S/c1-4-9-22-19(25)18-16(8-10-27-18)23(20(22)26)12-17(24)21-15-7-5-6-14(11-15)13(2)3/h5-8,10-11,13H,4,9,12H2,1-3H3,(H,21,24). The van der Waals surface area contributed by atoms with Gasteiger partial charge in [-0.2, -0.15) is 0 Å². The number of carbonyl (C=O) groups is 1. The Kier molecular flexibility index (Phi) is 5.60. The van der Waals surface area contributed by atoms with Gasteiger partial charge in [-0.25, -0.2) is 4.79 Å². The molecule has 0 saturated carbocycles. The van der Waals surface area contributed by atoms with Gasteiger partial charge in [0, 0.05) is 12.2 Å². The van der Waals surface area contributed by atoms with Crippen molar-refractivity contribution in [1.82, 2.24) is 9.13 Å². The molecule has 0 aliphatic heterocycles. The van der Waals surface area contributed by atoms with Crippen LogP contribution in [0.25, 0.3) is 10.2 Å². The smallest absolute Gasteiger partial charge is 0.325 e. The minimum atomic E-state index is -0.446. The molecule has 2 heterocycles. The molecule has 0 spiro atoms. The maximum Gasteiger partial charge on any atom is 0.332 e. The van der Waals surface area contributed by atoms with Crippen molar-refractivity contribution in [3.63, 3.8) is 0 Å². The lowest BCUT2D eigenvalue weighted by molar-refractivity contribution is -0.116. The van der Waals surface area contributed by atoms with E-state index in [2.05, 4.69) is 19.2 Å². The Balaban J connectivity index is 1.93. The van der Waals surface area contributed by atoms with Gasteiger partial charge < -0.3 is 5.32 Å². The normalized spacial score (nSPS) is 11.3. The molecule has 1 amide bonds. The number of thiophene rings is 1. The molecule has 0 bridgehead atoms. The zero-order valence-electron chi connectivity index (χ0n) is 15.7. The number of benzene rings is 1. The van der Waals surface area contributed by atoms with Gasteiger partial charge in [0.1, 0.15) is 11.2 Å². The topological polar surface area (TPSA) is 73.1 Å². The second-order valence-corrected chi connectivity index (χ2v) is 7.70. The molecule has 1 N–H and O–H groups in total. The summed E-state index contributed by atoms with van der Waals surface area (Å²) in [6.07, 6.45) is 0.667. The van der Waals surface area contributed by atoms with E-state index in [0.717, 1.165) is 5.56 Å². The summed E-state index contributed by atoms with van der Waals surface area (Å²) in [4.78, 5) is 37.8. The first-order valence-corrected chi connectivity index (χ1v) is 9.91. The van der Waals surface area contributed by atoms with Crippen molar-refractivity contribution >= 4 is 33.1 Å². The molecule has 0 atom stereocenters. The van der Waals surface area contributed by atoms with E-state index in [1.54, 1.807) is 11.4 Å². The van der Waals surface area contributed by atoms with E-state index in [9.17, 15) is 14.4 Å². The number of nitrogens with one attached hydrogen (secondary N) is 1. The third-order valence-electron chi connectivity index (χ3n) is 4.42. The molecule has 27 heavy (non-hydrogen) atoms. The van der Waals surface area contributed by atoms with Crippen LogP contribution in [-0.4, -0.2) is 15.0 Å². The van der Waals surface area contributed by atoms with E-state index in [-0.39, 0.29) is 18.0 Å². The van der Waals surface area contributed by atoms with Gasteiger partial charge in [-0.05, 0) is 41.5 Å². The molecule has 3 aromatic rings. The van der Waals surface area contributed by atoms with Crippen LogP contribution in [0.2, 0.25) is 0 Å². The number of nitrogens with zero attached hydrogens (tertiary/aromatic N) is 2. The van der Waals surface area contributed by atoms with Gasteiger partial charge in [0.2, 0.25) is 5.91 Å². The van der Waals surface area contributed by atoms with E-state index in [1.165, 1.54) is 20.5 Å². The van der Waals surface area contributed by atoms with Crippen LogP contribution >= 0.6 is 11.3 Å². The molecule has 2 aromatic heterocycles. The van der Waals surface area contributed by atoms with Crippen molar-refractivity contribution in [3.8, 4) is 0 Å². The third kappa shape index (κ3) is 3.88. The first kappa shape index (κ1) is 19.1. The summed E-state index contributed by atoms with van der Waals surface area (Å²) in [7, 11) is 0. The predicted octanol–water partition coefficient (Wildman–Crippen LogP) is 3.40. The molecule has 0 aliphatic carbocycles. The number of aromatic nitrogens is 2. The third-order valence-corrected chi connectivity index (χ3v) is 5.31. The number of hydrogen-bond acceptors (Lipinski definition) is 4. The van der Waals surface area contributed by atoms with E-state index in [1.807, 2.05) is 31.2 Å². The van der Waals surface area contributed by atoms with Gasteiger partial charge in [0.15, 0.2) is 0 Å². The summed E-state index contributed by atoms with van der Waals surface area (Å²) < 4.78 is 3.09. The quantitative estimate of drug-likeness (QED) is 0.707. The van der Waals surface area contributed by atoms with Crippen molar-refractivity contribution in [3.05, 3.63) is 62.1 Å². The Morgan fingerprint density at radius 3 is 2.67 bits per heavy atom. The minimum Gasteiger partial charge on any atom is -0.325 e. The highest BCUT2D eigenvalue weighted by Crippen LogP contribution is 2.19. The highest BCUT2D eigenvalue weighted by atomic mass is 32.1. The first-order valence-electron chi connectivity index (χ1n) is 9.03. The number of amides is 1. The van der Waals surface area contributed by atoms with E-state index in [0.29, 0.717) is 34.8 Å². The fourth-order valence-corrected chi connectivity index (χ4v) is 3.87. The second kappa shape index (κ2) is 7.92. The Hall–Kier alpha value is -2.67. The monoisotopic (exact) mass is 385 g/mol. The maximum absolute atomic E-state index is 12.8. The molecule has 0 fully saturated rings. The van der Waals surface area contributed by atoms with Crippen molar-refractivity contribution in [2.75, 3.05) is 5.32 Å². The zero-order valence-corrected chi connectivity index (χ0v) is 16.5. The average molecular weight is 385 g/mol. The summed E-state index contributed by atoms with van der Waals surface area (Å²) in [5.41, 5.74) is 1.60. The van der Waals surface area contributed by atoms with E-state index in [4.69, 9.17) is 0 Å². The minimum absolute atomic E-state index is 0.137. The maximum atomic E-state index is 12.8. The highest BCUT2D eigenvalue weighted by Gasteiger charge is 2.16. The van der Waals surface area contributed by atoms with Crippen LogP contribution in [0.3, 0.4) is 0 Å². The summed E-state index contributed by atoms with van der Waals surface area (Å²) in [6, 6.07) is 9.38. The predicted molar refractivity (Wildman–Crippen MR) is 110 cm³/mol. The van der Waals surface area contributed by atoms with Gasteiger partial charge in [-0.15, -0.1) is 11.3 Å².